The standard InChI is InChI=1S/C22H24N4O3/c1-13-7-19(20(12-23-13)29-18-10-17(11-18)28-2)15-5-6-26-16(8-15)9-21(25-26)24-22(27)14-3-4-14/h5-9,12,14,17-18H,3-4,10-11H2,1-2H3,(H,24,25,27). The van der Waals surface area contributed by atoms with Crippen molar-refractivity contribution in [3.63, 3.8) is 0 Å². The van der Waals surface area contributed by atoms with Crippen molar-refractivity contribution < 1.29 is 14.3 Å². The van der Waals surface area contributed by atoms with Crippen molar-refractivity contribution >= 4 is 17.2 Å². The van der Waals surface area contributed by atoms with E-state index in [1.165, 1.54) is 0 Å². The van der Waals surface area contributed by atoms with Gasteiger partial charge in [0.25, 0.3) is 0 Å². The van der Waals surface area contributed by atoms with Crippen LogP contribution in [0.2, 0.25) is 0 Å². The van der Waals surface area contributed by atoms with Gasteiger partial charge in [0.15, 0.2) is 5.82 Å². The Morgan fingerprint density at radius 2 is 2.03 bits per heavy atom. The fourth-order valence-corrected chi connectivity index (χ4v) is 3.65. The summed E-state index contributed by atoms with van der Waals surface area (Å²) in [6, 6.07) is 8.00. The molecule has 0 spiro atoms. The number of aromatic nitrogens is 3. The van der Waals surface area contributed by atoms with Crippen LogP contribution >= 0.6 is 0 Å². The van der Waals surface area contributed by atoms with E-state index >= 15 is 0 Å². The van der Waals surface area contributed by atoms with Gasteiger partial charge in [-0.15, -0.1) is 0 Å². The average molecular weight is 392 g/mol. The van der Waals surface area contributed by atoms with Gasteiger partial charge in [-0.3, -0.25) is 9.78 Å². The lowest BCUT2D eigenvalue weighted by atomic mass is 9.92. The van der Waals surface area contributed by atoms with Crippen LogP contribution in [0.3, 0.4) is 0 Å². The maximum Gasteiger partial charge on any atom is 0.228 e. The molecule has 2 aliphatic carbocycles. The van der Waals surface area contributed by atoms with Gasteiger partial charge in [0, 0.05) is 49.4 Å². The molecule has 3 aromatic rings. The minimum atomic E-state index is 0.0592. The third kappa shape index (κ3) is 3.70. The van der Waals surface area contributed by atoms with E-state index < -0.39 is 0 Å². The number of nitrogens with zero attached hydrogens (tertiary/aromatic N) is 3. The van der Waals surface area contributed by atoms with E-state index in [0.29, 0.717) is 5.82 Å². The smallest absolute Gasteiger partial charge is 0.228 e. The second kappa shape index (κ2) is 7.15. The monoisotopic (exact) mass is 392 g/mol. The van der Waals surface area contributed by atoms with Crippen molar-refractivity contribution in [2.24, 2.45) is 5.92 Å². The van der Waals surface area contributed by atoms with Crippen LogP contribution < -0.4 is 10.1 Å². The highest BCUT2D eigenvalue weighted by atomic mass is 16.5. The Labute approximate surface area is 169 Å². The lowest BCUT2D eigenvalue weighted by Gasteiger charge is -2.34. The van der Waals surface area contributed by atoms with Gasteiger partial charge in [-0.2, -0.15) is 5.10 Å². The molecule has 0 unspecified atom stereocenters. The predicted octanol–water partition coefficient (Wildman–Crippen LogP) is 3.61. The first-order chi connectivity index (χ1) is 14.1. The maximum absolute atomic E-state index is 12.0. The van der Waals surface area contributed by atoms with Gasteiger partial charge in [-0.05, 0) is 43.5 Å². The fraction of sp³-hybridized carbons (Fsp3) is 0.409. The van der Waals surface area contributed by atoms with Crippen molar-refractivity contribution in [1.82, 2.24) is 14.6 Å². The number of amides is 1. The quantitative estimate of drug-likeness (QED) is 0.693. The van der Waals surface area contributed by atoms with Crippen molar-refractivity contribution in [3.05, 3.63) is 42.4 Å². The summed E-state index contributed by atoms with van der Waals surface area (Å²) in [7, 11) is 1.74. The average Bonchev–Trinajstić information content (AvgIpc) is 3.45. The third-order valence-corrected chi connectivity index (χ3v) is 5.66. The Kier molecular flexibility index (Phi) is 4.47. The lowest BCUT2D eigenvalue weighted by molar-refractivity contribution is -0.117. The van der Waals surface area contributed by atoms with Crippen LogP contribution in [0, 0.1) is 12.8 Å². The Morgan fingerprint density at radius 1 is 1.21 bits per heavy atom. The number of methoxy groups -OCH3 is 1. The van der Waals surface area contributed by atoms with Crippen LogP contribution in [0.15, 0.2) is 36.7 Å². The maximum atomic E-state index is 12.0. The fourth-order valence-electron chi connectivity index (χ4n) is 3.65. The second-order valence-corrected chi connectivity index (χ2v) is 7.97. The van der Waals surface area contributed by atoms with E-state index in [9.17, 15) is 4.79 Å². The molecule has 0 radical (unpaired) electrons. The van der Waals surface area contributed by atoms with Crippen molar-refractivity contribution in [2.75, 3.05) is 12.4 Å². The summed E-state index contributed by atoms with van der Waals surface area (Å²) in [5.41, 5.74) is 3.88. The number of carbonyl (C=O) groups is 1. The summed E-state index contributed by atoms with van der Waals surface area (Å²) in [5.74, 6) is 1.57. The summed E-state index contributed by atoms with van der Waals surface area (Å²) in [5, 5.41) is 7.36. The van der Waals surface area contributed by atoms with Gasteiger partial charge < -0.3 is 14.8 Å². The summed E-state index contributed by atoms with van der Waals surface area (Å²) < 4.78 is 13.3. The first-order valence-corrected chi connectivity index (χ1v) is 10.1. The third-order valence-electron chi connectivity index (χ3n) is 5.66. The van der Waals surface area contributed by atoms with Crippen LogP contribution in [0.1, 0.15) is 31.4 Å². The molecule has 0 aromatic carbocycles. The molecule has 1 amide bonds. The number of ether oxygens (including phenoxy) is 2. The molecule has 7 nitrogen and oxygen atoms in total. The molecule has 7 heteroatoms. The SMILES string of the molecule is COC1CC(Oc2cnc(C)cc2-c2ccn3nc(NC(=O)C4CC4)cc3c2)C1. The molecule has 1 N–H and O–H groups in total. The summed E-state index contributed by atoms with van der Waals surface area (Å²) >= 11 is 0. The number of hydrogen-bond donors (Lipinski definition) is 1. The minimum Gasteiger partial charge on any atom is -0.488 e. The molecule has 2 aliphatic rings. The van der Waals surface area contributed by atoms with Gasteiger partial charge in [-0.25, -0.2) is 4.52 Å². The molecule has 0 saturated heterocycles. The van der Waals surface area contributed by atoms with E-state index in [2.05, 4.69) is 21.5 Å². The van der Waals surface area contributed by atoms with Crippen molar-refractivity contribution in [2.45, 2.75) is 44.8 Å². The number of rotatable bonds is 6. The number of fused-ring (bicyclic) bond motifs is 1. The molecule has 150 valence electrons. The Bertz CT molecular complexity index is 1070. The van der Waals surface area contributed by atoms with Crippen LogP contribution in [0.4, 0.5) is 5.82 Å². The summed E-state index contributed by atoms with van der Waals surface area (Å²) in [4.78, 5) is 16.4. The van der Waals surface area contributed by atoms with E-state index in [0.717, 1.165) is 53.8 Å². The highest BCUT2D eigenvalue weighted by molar-refractivity contribution is 5.93. The van der Waals surface area contributed by atoms with Gasteiger partial charge >= 0.3 is 0 Å². The highest BCUT2D eigenvalue weighted by Gasteiger charge is 2.32. The summed E-state index contributed by atoms with van der Waals surface area (Å²) in [6.07, 6.45) is 7.89. The molecule has 0 bridgehead atoms. The molecular formula is C22H24N4O3. The molecule has 3 heterocycles. The molecule has 3 aromatic heterocycles. The number of anilines is 1. The molecule has 5 rings (SSSR count). The van der Waals surface area contributed by atoms with Crippen LogP contribution in [0.5, 0.6) is 5.75 Å². The molecule has 29 heavy (non-hydrogen) atoms. The Hall–Kier alpha value is -2.93. The highest BCUT2D eigenvalue weighted by Crippen LogP contribution is 2.35. The van der Waals surface area contributed by atoms with Crippen molar-refractivity contribution in [3.8, 4) is 16.9 Å². The number of aryl methyl sites for hydroxylation is 1. The van der Waals surface area contributed by atoms with E-state index in [1.54, 1.807) is 17.8 Å². The van der Waals surface area contributed by atoms with Crippen LogP contribution in [-0.2, 0) is 9.53 Å². The second-order valence-electron chi connectivity index (χ2n) is 7.97. The number of pyridine rings is 2. The van der Waals surface area contributed by atoms with Crippen LogP contribution in [0.25, 0.3) is 16.6 Å². The van der Waals surface area contributed by atoms with Gasteiger partial charge in [-0.1, -0.05) is 0 Å². The number of hydrogen-bond acceptors (Lipinski definition) is 5. The van der Waals surface area contributed by atoms with Gasteiger partial charge in [0.1, 0.15) is 11.9 Å². The Balaban J connectivity index is 1.42. The van der Waals surface area contributed by atoms with E-state index in [4.69, 9.17) is 9.47 Å². The molecule has 0 atom stereocenters. The predicted molar refractivity (Wildman–Crippen MR) is 109 cm³/mol. The number of nitrogens with one attached hydrogen (secondary N) is 1. The first-order valence-electron chi connectivity index (χ1n) is 10.1. The minimum absolute atomic E-state index is 0.0592. The first kappa shape index (κ1) is 18.1. The van der Waals surface area contributed by atoms with Crippen LogP contribution in [-0.4, -0.2) is 39.8 Å². The lowest BCUT2D eigenvalue weighted by Crippen LogP contribution is -2.38. The topological polar surface area (TPSA) is 77.8 Å². The van der Waals surface area contributed by atoms with E-state index in [-0.39, 0.29) is 24.0 Å². The molecule has 0 aliphatic heterocycles. The number of carbonyl (C=O) groups excluding carboxylic acids is 1. The Morgan fingerprint density at radius 3 is 2.79 bits per heavy atom. The molecular weight excluding hydrogens is 368 g/mol. The zero-order chi connectivity index (χ0) is 20.0. The molecule has 2 saturated carbocycles. The normalized spacial score (nSPS) is 21.0. The summed E-state index contributed by atoms with van der Waals surface area (Å²) in [6.45, 7) is 1.97. The largest absolute Gasteiger partial charge is 0.488 e. The van der Waals surface area contributed by atoms with Crippen molar-refractivity contribution in [1.29, 1.82) is 0 Å². The zero-order valence-corrected chi connectivity index (χ0v) is 16.6. The molecule has 2 fully saturated rings. The van der Waals surface area contributed by atoms with Gasteiger partial charge in [0.05, 0.1) is 17.8 Å². The van der Waals surface area contributed by atoms with E-state index in [1.807, 2.05) is 31.3 Å². The zero-order valence-electron chi connectivity index (χ0n) is 16.6. The van der Waals surface area contributed by atoms with Gasteiger partial charge in [0.2, 0.25) is 5.91 Å².